The zero-order valence-electron chi connectivity index (χ0n) is 16.5. The van der Waals surface area contributed by atoms with Crippen molar-refractivity contribution >= 4 is 33.7 Å². The second-order valence-corrected chi connectivity index (χ2v) is 7.80. The monoisotopic (exact) mass is 455 g/mol. The maximum absolute atomic E-state index is 11.9. The van der Waals surface area contributed by atoms with Gasteiger partial charge < -0.3 is 18.9 Å². The molecular formula is C20H22ClNO7S. The maximum Gasteiger partial charge on any atom is 0.330 e. The molecule has 0 aliphatic rings. The minimum absolute atomic E-state index is 0.00762. The van der Waals surface area contributed by atoms with Crippen molar-refractivity contribution in [1.29, 1.82) is 0 Å². The molecule has 0 aliphatic carbocycles. The molecule has 0 bridgehead atoms. The van der Waals surface area contributed by atoms with Crippen LogP contribution in [-0.4, -0.2) is 41.3 Å². The van der Waals surface area contributed by atoms with Crippen molar-refractivity contribution in [3.8, 4) is 17.2 Å². The van der Waals surface area contributed by atoms with Gasteiger partial charge in [0.1, 0.15) is 19.0 Å². The van der Waals surface area contributed by atoms with Crippen molar-refractivity contribution in [3.05, 3.63) is 53.1 Å². The van der Waals surface area contributed by atoms with Crippen LogP contribution >= 0.6 is 11.6 Å². The van der Waals surface area contributed by atoms with Gasteiger partial charge in [-0.05, 0) is 55.0 Å². The van der Waals surface area contributed by atoms with Gasteiger partial charge in [-0.1, -0.05) is 11.6 Å². The molecule has 0 unspecified atom stereocenters. The molecule has 162 valence electrons. The van der Waals surface area contributed by atoms with Crippen LogP contribution in [0.25, 0.3) is 6.08 Å². The average molecular weight is 456 g/mol. The second kappa shape index (κ2) is 10.9. The first kappa shape index (κ1) is 23.5. The summed E-state index contributed by atoms with van der Waals surface area (Å²) < 4.78 is 43.5. The van der Waals surface area contributed by atoms with Gasteiger partial charge >= 0.3 is 5.97 Å². The molecule has 30 heavy (non-hydrogen) atoms. The lowest BCUT2D eigenvalue weighted by Gasteiger charge is -2.11. The summed E-state index contributed by atoms with van der Waals surface area (Å²) in [5.74, 6) is 0.758. The third kappa shape index (κ3) is 6.94. The normalized spacial score (nSPS) is 11.3. The minimum atomic E-state index is -3.75. The summed E-state index contributed by atoms with van der Waals surface area (Å²) in [4.78, 5) is 11.9. The van der Waals surface area contributed by atoms with E-state index in [0.29, 0.717) is 34.4 Å². The molecule has 0 saturated heterocycles. The minimum Gasteiger partial charge on any atom is -0.491 e. The first-order valence-electron chi connectivity index (χ1n) is 8.85. The molecule has 10 heteroatoms. The molecule has 0 aromatic heterocycles. The molecule has 0 saturated carbocycles. The highest BCUT2D eigenvalue weighted by Crippen LogP contribution is 2.36. The summed E-state index contributed by atoms with van der Waals surface area (Å²) in [5, 5.41) is 5.38. The maximum atomic E-state index is 11.9. The molecule has 2 N–H and O–H groups in total. The lowest BCUT2D eigenvalue weighted by Crippen LogP contribution is -2.12. The lowest BCUT2D eigenvalue weighted by molar-refractivity contribution is -0.138. The molecule has 0 fully saturated rings. The van der Waals surface area contributed by atoms with Gasteiger partial charge in [-0.2, -0.15) is 0 Å². The van der Waals surface area contributed by atoms with E-state index >= 15 is 0 Å². The Morgan fingerprint density at radius 1 is 1.13 bits per heavy atom. The molecule has 2 aromatic carbocycles. The number of halogens is 1. The van der Waals surface area contributed by atoms with Crippen molar-refractivity contribution < 1.29 is 32.2 Å². The van der Waals surface area contributed by atoms with E-state index in [-0.39, 0.29) is 18.1 Å². The standard InChI is InChI=1S/C20H22ClNO7S/c1-3-27-18-13-14(12-17(21)20(18)26-2)4-9-19(23)29-11-10-28-15-5-7-16(8-6-15)30(22,24)25/h4-9,12-13H,3,10-11H2,1-2H3,(H2,22,24,25)/b9-4+. The quantitative estimate of drug-likeness (QED) is 0.332. The van der Waals surface area contributed by atoms with Gasteiger partial charge in [0.05, 0.1) is 23.6 Å². The molecule has 0 atom stereocenters. The number of primary sulfonamides is 1. The summed E-state index contributed by atoms with van der Waals surface area (Å²) in [6.45, 7) is 2.38. The van der Waals surface area contributed by atoms with Crippen molar-refractivity contribution in [2.75, 3.05) is 26.9 Å². The summed E-state index contributed by atoms with van der Waals surface area (Å²) in [6.07, 6.45) is 2.80. The Morgan fingerprint density at radius 3 is 2.43 bits per heavy atom. The highest BCUT2D eigenvalue weighted by atomic mass is 35.5. The van der Waals surface area contributed by atoms with E-state index < -0.39 is 16.0 Å². The number of rotatable bonds is 10. The van der Waals surface area contributed by atoms with Gasteiger partial charge in [-0.3, -0.25) is 0 Å². The summed E-state index contributed by atoms with van der Waals surface area (Å²) in [6, 6.07) is 8.93. The first-order valence-corrected chi connectivity index (χ1v) is 10.8. The van der Waals surface area contributed by atoms with Crippen LogP contribution in [0.15, 0.2) is 47.4 Å². The summed E-state index contributed by atoms with van der Waals surface area (Å²) in [7, 11) is -2.26. The van der Waals surface area contributed by atoms with Crippen LogP contribution in [0.5, 0.6) is 17.2 Å². The third-order valence-corrected chi connectivity index (χ3v) is 4.91. The molecule has 2 rings (SSSR count). The Balaban J connectivity index is 1.85. The number of carbonyl (C=O) groups is 1. The van der Waals surface area contributed by atoms with Crippen LogP contribution in [0.2, 0.25) is 5.02 Å². The fourth-order valence-electron chi connectivity index (χ4n) is 2.38. The Hall–Kier alpha value is -2.75. The number of carbonyl (C=O) groups excluding carboxylic acids is 1. The van der Waals surface area contributed by atoms with E-state index in [4.69, 9.17) is 35.7 Å². The molecule has 8 nitrogen and oxygen atoms in total. The van der Waals surface area contributed by atoms with Crippen LogP contribution in [0.4, 0.5) is 0 Å². The fourth-order valence-corrected chi connectivity index (χ4v) is 3.20. The van der Waals surface area contributed by atoms with Crippen LogP contribution < -0.4 is 19.3 Å². The van der Waals surface area contributed by atoms with Crippen LogP contribution in [0.3, 0.4) is 0 Å². The Labute approximate surface area is 180 Å². The number of hydrogen-bond acceptors (Lipinski definition) is 7. The molecule has 0 radical (unpaired) electrons. The van der Waals surface area contributed by atoms with E-state index in [1.165, 1.54) is 37.5 Å². The zero-order valence-corrected chi connectivity index (χ0v) is 18.0. The van der Waals surface area contributed by atoms with E-state index in [0.717, 1.165) is 0 Å². The van der Waals surface area contributed by atoms with Gasteiger partial charge in [0.15, 0.2) is 11.5 Å². The number of nitrogens with two attached hydrogens (primary N) is 1. The molecular weight excluding hydrogens is 434 g/mol. The highest BCUT2D eigenvalue weighted by molar-refractivity contribution is 7.89. The predicted molar refractivity (Wildman–Crippen MR) is 112 cm³/mol. The largest absolute Gasteiger partial charge is 0.491 e. The lowest BCUT2D eigenvalue weighted by atomic mass is 10.2. The fraction of sp³-hybridized carbons (Fsp3) is 0.250. The van der Waals surface area contributed by atoms with Crippen molar-refractivity contribution in [2.45, 2.75) is 11.8 Å². The average Bonchev–Trinajstić information content (AvgIpc) is 2.69. The van der Waals surface area contributed by atoms with Gasteiger partial charge in [0, 0.05) is 6.08 Å². The number of sulfonamides is 1. The van der Waals surface area contributed by atoms with Crippen molar-refractivity contribution in [1.82, 2.24) is 0 Å². The summed E-state index contributed by atoms with van der Waals surface area (Å²) >= 11 is 6.17. The van der Waals surface area contributed by atoms with Gasteiger partial charge in [0.25, 0.3) is 0 Å². The Morgan fingerprint density at radius 2 is 1.83 bits per heavy atom. The number of methoxy groups -OCH3 is 1. The van der Waals surface area contributed by atoms with Crippen LogP contribution in [-0.2, 0) is 19.6 Å². The predicted octanol–water partition coefficient (Wildman–Crippen LogP) is 3.03. The van der Waals surface area contributed by atoms with Crippen LogP contribution in [0.1, 0.15) is 12.5 Å². The smallest absolute Gasteiger partial charge is 0.330 e. The molecule has 0 heterocycles. The molecule has 0 spiro atoms. The molecule has 2 aromatic rings. The van der Waals surface area contributed by atoms with E-state index in [1.54, 1.807) is 18.2 Å². The van der Waals surface area contributed by atoms with Gasteiger partial charge in [-0.25, -0.2) is 18.4 Å². The van der Waals surface area contributed by atoms with E-state index in [1.807, 2.05) is 6.92 Å². The van der Waals surface area contributed by atoms with Gasteiger partial charge in [-0.15, -0.1) is 0 Å². The van der Waals surface area contributed by atoms with Gasteiger partial charge in [0.2, 0.25) is 10.0 Å². The second-order valence-electron chi connectivity index (χ2n) is 5.83. The highest BCUT2D eigenvalue weighted by Gasteiger charge is 2.11. The number of esters is 1. The number of hydrogen-bond donors (Lipinski definition) is 1. The topological polar surface area (TPSA) is 114 Å². The van der Waals surface area contributed by atoms with Crippen molar-refractivity contribution in [2.24, 2.45) is 5.14 Å². The zero-order chi connectivity index (χ0) is 22.1. The Bertz CT molecular complexity index is 1000. The first-order chi connectivity index (χ1) is 14.2. The third-order valence-electron chi connectivity index (χ3n) is 3.70. The Kier molecular flexibility index (Phi) is 8.52. The number of benzene rings is 2. The SMILES string of the molecule is CCOc1cc(/C=C/C(=O)OCCOc2ccc(S(N)(=O)=O)cc2)cc(Cl)c1OC. The van der Waals surface area contributed by atoms with Crippen molar-refractivity contribution in [3.63, 3.8) is 0 Å². The number of ether oxygens (including phenoxy) is 4. The van der Waals surface area contributed by atoms with E-state index in [2.05, 4.69) is 0 Å². The van der Waals surface area contributed by atoms with Crippen LogP contribution in [0, 0.1) is 0 Å². The molecule has 0 amide bonds. The summed E-state index contributed by atoms with van der Waals surface area (Å²) in [5.41, 5.74) is 0.646. The molecule has 0 aliphatic heterocycles. The van der Waals surface area contributed by atoms with E-state index in [9.17, 15) is 13.2 Å².